The molecule has 0 fully saturated rings. The summed E-state index contributed by atoms with van der Waals surface area (Å²) >= 11 is 0. The molecule has 0 radical (unpaired) electrons. The van der Waals surface area contributed by atoms with Gasteiger partial charge in [0.1, 0.15) is 13.2 Å². The summed E-state index contributed by atoms with van der Waals surface area (Å²) in [5, 5.41) is 8.63. The molecule has 0 aliphatic heterocycles. The monoisotopic (exact) mass is 316 g/mol. The Bertz CT molecular complexity index is 441. The minimum atomic E-state index is -0.0500. The number of hydrogen-bond donors (Lipinski definition) is 1. The van der Waals surface area contributed by atoms with Crippen LogP contribution in [0.4, 0.5) is 0 Å². The van der Waals surface area contributed by atoms with E-state index in [0.717, 1.165) is 13.0 Å². The Balaban J connectivity index is 2.01. The number of pyridine rings is 1. The van der Waals surface area contributed by atoms with Crippen molar-refractivity contribution in [1.82, 2.24) is 0 Å². The normalized spacial score (nSPS) is 10.3. The van der Waals surface area contributed by atoms with Crippen molar-refractivity contribution in [1.29, 1.82) is 0 Å². The molecule has 1 aromatic rings. The first-order valence-corrected chi connectivity index (χ1v) is 9.41. The van der Waals surface area contributed by atoms with Crippen molar-refractivity contribution in [3.05, 3.63) is 30.1 Å². The topological polar surface area (TPSA) is 24.1 Å². The maximum absolute atomic E-state index is 8.63. The lowest BCUT2D eigenvalue weighted by Crippen LogP contribution is -2.32. The van der Waals surface area contributed by atoms with Gasteiger partial charge in [0.15, 0.2) is 12.4 Å². The first-order chi connectivity index (χ1) is 11.4. The molecule has 2 nitrogen and oxygen atoms in total. The van der Waals surface area contributed by atoms with Gasteiger partial charge in [-0.05, 0) is 12.0 Å². The van der Waals surface area contributed by atoms with Gasteiger partial charge in [0.25, 0.3) is 0 Å². The zero-order valence-electron chi connectivity index (χ0n) is 14.9. The van der Waals surface area contributed by atoms with Gasteiger partial charge in [0, 0.05) is 25.0 Å². The molecule has 1 aromatic heterocycles. The van der Waals surface area contributed by atoms with E-state index in [0.29, 0.717) is 0 Å². The highest BCUT2D eigenvalue weighted by molar-refractivity contribution is 5.16. The number of aromatic nitrogens is 1. The van der Waals surface area contributed by atoms with Crippen molar-refractivity contribution >= 4 is 0 Å². The van der Waals surface area contributed by atoms with Crippen molar-refractivity contribution in [2.45, 2.75) is 84.1 Å². The zero-order valence-corrected chi connectivity index (χ0v) is 14.9. The Hall–Kier alpha value is -1.33. The molecule has 0 amide bonds. The van der Waals surface area contributed by atoms with E-state index in [9.17, 15) is 0 Å². The summed E-state index contributed by atoms with van der Waals surface area (Å²) in [6, 6.07) is 4.25. The second kappa shape index (κ2) is 14.3. The van der Waals surface area contributed by atoms with Crippen LogP contribution in [0, 0.1) is 11.8 Å². The van der Waals surface area contributed by atoms with Crippen LogP contribution in [-0.2, 0) is 13.0 Å². The van der Waals surface area contributed by atoms with Crippen molar-refractivity contribution in [3.63, 3.8) is 0 Å². The van der Waals surface area contributed by atoms with E-state index in [-0.39, 0.29) is 6.61 Å². The average molecular weight is 317 g/mol. The molecule has 0 spiro atoms. The highest BCUT2D eigenvalue weighted by Gasteiger charge is 2.00. The third kappa shape index (κ3) is 10.9. The first-order valence-electron chi connectivity index (χ1n) is 9.41. The van der Waals surface area contributed by atoms with E-state index in [4.69, 9.17) is 5.11 Å². The van der Waals surface area contributed by atoms with E-state index in [1.165, 1.54) is 69.8 Å². The minimum absolute atomic E-state index is 0.0500. The molecule has 1 rings (SSSR count). The zero-order chi connectivity index (χ0) is 16.6. The average Bonchev–Trinajstić information content (AvgIpc) is 2.58. The highest BCUT2D eigenvalue weighted by atomic mass is 16.2. The van der Waals surface area contributed by atoms with Crippen LogP contribution in [0.5, 0.6) is 0 Å². The van der Waals surface area contributed by atoms with Gasteiger partial charge in [-0.3, -0.25) is 0 Å². The van der Waals surface area contributed by atoms with Gasteiger partial charge in [0.2, 0.25) is 0 Å². The van der Waals surface area contributed by atoms with E-state index in [1.54, 1.807) is 0 Å². The number of unbranched alkanes of at least 4 members (excludes halogenated alkanes) is 9. The van der Waals surface area contributed by atoms with Crippen LogP contribution in [0.2, 0.25) is 0 Å². The van der Waals surface area contributed by atoms with Crippen LogP contribution < -0.4 is 4.57 Å². The second-order valence-corrected chi connectivity index (χ2v) is 6.31. The van der Waals surface area contributed by atoms with Crippen molar-refractivity contribution in [2.75, 3.05) is 6.61 Å². The molecule has 1 N–H and O–H groups in total. The van der Waals surface area contributed by atoms with E-state index in [1.807, 2.05) is 0 Å². The largest absolute Gasteiger partial charge is 0.384 e. The van der Waals surface area contributed by atoms with Crippen LogP contribution in [0.3, 0.4) is 0 Å². The molecule has 0 aliphatic carbocycles. The molecule has 0 atom stereocenters. The summed E-state index contributed by atoms with van der Waals surface area (Å²) in [5.74, 6) is 5.63. The van der Waals surface area contributed by atoms with Gasteiger partial charge in [-0.25, -0.2) is 4.57 Å². The molecular weight excluding hydrogens is 282 g/mol. The van der Waals surface area contributed by atoms with Crippen LogP contribution in [0.25, 0.3) is 0 Å². The fourth-order valence-corrected chi connectivity index (χ4v) is 2.76. The quantitative estimate of drug-likeness (QED) is 0.344. The summed E-state index contributed by atoms with van der Waals surface area (Å²) in [4.78, 5) is 0. The summed E-state index contributed by atoms with van der Waals surface area (Å²) < 4.78 is 2.26. The number of aliphatic hydroxyl groups excluding tert-OH is 1. The summed E-state index contributed by atoms with van der Waals surface area (Å²) in [6.45, 7) is 3.33. The Labute approximate surface area is 142 Å². The predicted molar refractivity (Wildman–Crippen MR) is 97.0 cm³/mol. The molecule has 0 aromatic carbocycles. The van der Waals surface area contributed by atoms with Gasteiger partial charge >= 0.3 is 0 Å². The number of aliphatic hydroxyl groups is 1. The predicted octanol–water partition coefficient (Wildman–Crippen LogP) is 4.43. The van der Waals surface area contributed by atoms with Crippen LogP contribution in [0.15, 0.2) is 24.5 Å². The summed E-state index contributed by atoms with van der Waals surface area (Å²) in [7, 11) is 0. The maximum Gasteiger partial charge on any atom is 0.169 e. The molecule has 2 heteroatoms. The van der Waals surface area contributed by atoms with Gasteiger partial charge in [-0.1, -0.05) is 70.1 Å². The Morgan fingerprint density at radius 3 is 1.96 bits per heavy atom. The van der Waals surface area contributed by atoms with E-state index >= 15 is 0 Å². The van der Waals surface area contributed by atoms with E-state index in [2.05, 4.69) is 47.9 Å². The Morgan fingerprint density at radius 1 is 0.826 bits per heavy atom. The second-order valence-electron chi connectivity index (χ2n) is 6.31. The smallest absolute Gasteiger partial charge is 0.169 e. The standard InChI is InChI=1S/C21H34NO/c1-2-3-4-5-6-7-8-9-10-12-17-22-18-15-21(16-19-22)14-11-13-20-23/h15-16,18-19,23H,2-10,12,14,17,20H2,1H3/q+1. The third-order valence-corrected chi connectivity index (χ3v) is 4.23. The maximum atomic E-state index is 8.63. The number of hydrogen-bond acceptors (Lipinski definition) is 1. The molecule has 0 bridgehead atoms. The highest BCUT2D eigenvalue weighted by Crippen LogP contribution is 2.10. The fraction of sp³-hybridized carbons (Fsp3) is 0.667. The van der Waals surface area contributed by atoms with Crippen molar-refractivity contribution < 1.29 is 9.67 Å². The Kier molecular flexibility index (Phi) is 12.2. The lowest BCUT2D eigenvalue weighted by Gasteiger charge is -2.01. The fourth-order valence-electron chi connectivity index (χ4n) is 2.76. The molecule has 23 heavy (non-hydrogen) atoms. The summed E-state index contributed by atoms with van der Waals surface area (Å²) in [6.07, 6.45) is 18.8. The number of nitrogens with zero attached hydrogens (tertiary/aromatic N) is 1. The third-order valence-electron chi connectivity index (χ3n) is 4.23. The SMILES string of the molecule is CCCCCCCCCCCC[n+]1ccc(CC#CCO)cc1. The number of rotatable bonds is 12. The molecule has 0 unspecified atom stereocenters. The molecule has 128 valence electrons. The molecular formula is C21H34NO+. The first kappa shape index (κ1) is 19.7. The summed E-state index contributed by atoms with van der Waals surface area (Å²) in [5.41, 5.74) is 1.21. The lowest BCUT2D eigenvalue weighted by molar-refractivity contribution is -0.697. The lowest BCUT2D eigenvalue weighted by atomic mass is 10.1. The molecule has 1 heterocycles. The molecule has 0 aliphatic rings. The van der Waals surface area contributed by atoms with Gasteiger partial charge in [-0.2, -0.15) is 0 Å². The van der Waals surface area contributed by atoms with Crippen LogP contribution >= 0.6 is 0 Å². The van der Waals surface area contributed by atoms with Gasteiger partial charge in [0.05, 0.1) is 0 Å². The minimum Gasteiger partial charge on any atom is -0.384 e. The molecule has 0 saturated heterocycles. The van der Waals surface area contributed by atoms with Crippen LogP contribution in [0.1, 0.15) is 76.7 Å². The van der Waals surface area contributed by atoms with Crippen molar-refractivity contribution in [2.24, 2.45) is 0 Å². The van der Waals surface area contributed by atoms with Crippen molar-refractivity contribution in [3.8, 4) is 11.8 Å². The van der Waals surface area contributed by atoms with Gasteiger partial charge in [-0.15, -0.1) is 0 Å². The van der Waals surface area contributed by atoms with Crippen LogP contribution in [-0.4, -0.2) is 11.7 Å². The van der Waals surface area contributed by atoms with E-state index < -0.39 is 0 Å². The number of aryl methyl sites for hydroxylation is 1. The Morgan fingerprint density at radius 2 is 1.39 bits per heavy atom. The molecule has 0 saturated carbocycles. The van der Waals surface area contributed by atoms with Gasteiger partial charge < -0.3 is 5.11 Å².